The molecule has 0 radical (unpaired) electrons. The molecule has 0 aliphatic carbocycles. The number of carbonyl (C=O) groups excluding carboxylic acids is 2. The minimum atomic E-state index is -0.550. The fourth-order valence-corrected chi connectivity index (χ4v) is 4.83. The highest BCUT2D eigenvalue weighted by Crippen LogP contribution is 2.16. The molecule has 9 nitrogen and oxygen atoms in total. The van der Waals surface area contributed by atoms with Crippen LogP contribution in [0.1, 0.15) is 31.1 Å². The van der Waals surface area contributed by atoms with Gasteiger partial charge < -0.3 is 14.6 Å². The second kappa shape index (κ2) is 11.7. The van der Waals surface area contributed by atoms with E-state index in [4.69, 9.17) is 4.42 Å². The van der Waals surface area contributed by atoms with E-state index in [1.807, 2.05) is 37.3 Å². The number of hydrogen-bond donors (Lipinski definition) is 1. The molecule has 0 saturated carbocycles. The van der Waals surface area contributed by atoms with Crippen molar-refractivity contribution in [2.75, 3.05) is 6.54 Å². The van der Waals surface area contributed by atoms with Gasteiger partial charge in [0.2, 0.25) is 11.8 Å². The Hall–Kier alpha value is -3.92. The SMILES string of the molecule is CCN(Cc1ccccc1)C(=O)Cn1c(=O)n(CCCC(=O)NCc2ccco2)c(=O)c2sccc21. The van der Waals surface area contributed by atoms with Crippen LogP contribution in [-0.4, -0.2) is 32.4 Å². The predicted molar refractivity (Wildman–Crippen MR) is 138 cm³/mol. The zero-order valence-corrected chi connectivity index (χ0v) is 20.8. The Morgan fingerprint density at radius 3 is 2.58 bits per heavy atom. The standard InChI is InChI=1S/C26H28N4O5S/c1-2-28(17-19-8-4-3-5-9-19)23(32)18-30-21-12-15-36-24(21)25(33)29(26(30)34)13-6-11-22(31)27-16-20-10-7-14-35-20/h3-5,7-10,12,14-15H,2,6,11,13,16-18H2,1H3,(H,27,31). The fourth-order valence-electron chi connectivity index (χ4n) is 3.98. The first kappa shape index (κ1) is 25.2. The van der Waals surface area contributed by atoms with Crippen LogP contribution in [0.3, 0.4) is 0 Å². The number of hydrogen-bond acceptors (Lipinski definition) is 6. The smallest absolute Gasteiger partial charge is 0.332 e. The quantitative estimate of drug-likeness (QED) is 0.335. The zero-order chi connectivity index (χ0) is 25.5. The number of amides is 2. The molecule has 0 fully saturated rings. The fraction of sp³-hybridized carbons (Fsp3) is 0.308. The molecule has 0 saturated heterocycles. The van der Waals surface area contributed by atoms with Gasteiger partial charge in [0.25, 0.3) is 5.56 Å². The highest BCUT2D eigenvalue weighted by Gasteiger charge is 2.19. The van der Waals surface area contributed by atoms with E-state index in [1.165, 1.54) is 22.2 Å². The maximum atomic E-state index is 13.3. The van der Waals surface area contributed by atoms with Crippen molar-refractivity contribution in [3.63, 3.8) is 0 Å². The van der Waals surface area contributed by atoms with Crippen molar-refractivity contribution < 1.29 is 14.0 Å². The molecule has 36 heavy (non-hydrogen) atoms. The number of carbonyl (C=O) groups is 2. The molecule has 2 amide bonds. The summed E-state index contributed by atoms with van der Waals surface area (Å²) >= 11 is 1.23. The second-order valence-electron chi connectivity index (χ2n) is 8.31. The lowest BCUT2D eigenvalue weighted by atomic mass is 10.2. The Bertz CT molecular complexity index is 1440. The van der Waals surface area contributed by atoms with Crippen LogP contribution in [0.25, 0.3) is 10.2 Å². The van der Waals surface area contributed by atoms with E-state index >= 15 is 0 Å². The summed E-state index contributed by atoms with van der Waals surface area (Å²) in [5.74, 6) is 0.230. The van der Waals surface area contributed by atoms with Crippen molar-refractivity contribution in [1.29, 1.82) is 0 Å². The molecule has 188 valence electrons. The summed E-state index contributed by atoms with van der Waals surface area (Å²) in [5, 5.41) is 4.49. The third-order valence-corrected chi connectivity index (χ3v) is 6.80. The van der Waals surface area contributed by atoms with Gasteiger partial charge in [-0.25, -0.2) is 4.79 Å². The Labute approximate surface area is 211 Å². The maximum absolute atomic E-state index is 13.3. The van der Waals surface area contributed by atoms with E-state index in [1.54, 1.807) is 28.5 Å². The molecular formula is C26H28N4O5S. The number of benzene rings is 1. The first-order valence-electron chi connectivity index (χ1n) is 11.8. The molecule has 1 aromatic carbocycles. The summed E-state index contributed by atoms with van der Waals surface area (Å²) in [6.07, 6.45) is 1.99. The lowest BCUT2D eigenvalue weighted by molar-refractivity contribution is -0.132. The number of nitrogens with zero attached hydrogens (tertiary/aromatic N) is 3. The van der Waals surface area contributed by atoms with Crippen LogP contribution in [-0.2, 0) is 35.8 Å². The van der Waals surface area contributed by atoms with Crippen molar-refractivity contribution in [3.05, 3.63) is 92.3 Å². The normalized spacial score (nSPS) is 11.0. The Kier molecular flexibility index (Phi) is 8.17. The van der Waals surface area contributed by atoms with Gasteiger partial charge in [-0.1, -0.05) is 30.3 Å². The molecule has 3 heterocycles. The average Bonchev–Trinajstić information content (AvgIpc) is 3.59. The number of rotatable bonds is 11. The van der Waals surface area contributed by atoms with Crippen LogP contribution in [0, 0.1) is 0 Å². The number of nitrogens with one attached hydrogen (secondary N) is 1. The maximum Gasteiger partial charge on any atom is 0.332 e. The average molecular weight is 509 g/mol. The van der Waals surface area contributed by atoms with Crippen molar-refractivity contribution in [2.24, 2.45) is 0 Å². The van der Waals surface area contributed by atoms with Crippen LogP contribution >= 0.6 is 11.3 Å². The van der Waals surface area contributed by atoms with Gasteiger partial charge in [0.15, 0.2) is 0 Å². The molecule has 0 aliphatic heterocycles. The van der Waals surface area contributed by atoms with Gasteiger partial charge in [-0.15, -0.1) is 11.3 Å². The topological polar surface area (TPSA) is 107 Å². The van der Waals surface area contributed by atoms with Crippen LogP contribution < -0.4 is 16.6 Å². The summed E-state index contributed by atoms with van der Waals surface area (Å²) in [5.41, 5.74) is 0.495. The summed E-state index contributed by atoms with van der Waals surface area (Å²) in [7, 11) is 0. The summed E-state index contributed by atoms with van der Waals surface area (Å²) in [6, 6.07) is 14.8. The number of aromatic nitrogens is 2. The van der Waals surface area contributed by atoms with Gasteiger partial charge in [-0.2, -0.15) is 0 Å². The van der Waals surface area contributed by atoms with Gasteiger partial charge in [0.05, 0.1) is 18.3 Å². The molecule has 0 aliphatic rings. The highest BCUT2D eigenvalue weighted by molar-refractivity contribution is 7.17. The molecule has 4 rings (SSSR count). The third-order valence-electron chi connectivity index (χ3n) is 5.91. The Balaban J connectivity index is 1.48. The number of fused-ring (bicyclic) bond motifs is 1. The molecule has 0 unspecified atom stereocenters. The predicted octanol–water partition coefficient (Wildman–Crippen LogP) is 2.96. The van der Waals surface area contributed by atoms with Crippen molar-refractivity contribution in [2.45, 2.75) is 45.9 Å². The number of thiophene rings is 1. The van der Waals surface area contributed by atoms with Crippen LogP contribution in [0.15, 0.2) is 74.2 Å². The molecule has 0 atom stereocenters. The lowest BCUT2D eigenvalue weighted by Crippen LogP contribution is -2.43. The summed E-state index contributed by atoms with van der Waals surface area (Å²) < 4.78 is 8.09. The van der Waals surface area contributed by atoms with Gasteiger partial charge in [0, 0.05) is 26.1 Å². The van der Waals surface area contributed by atoms with Crippen LogP contribution in [0.2, 0.25) is 0 Å². The largest absolute Gasteiger partial charge is 0.467 e. The highest BCUT2D eigenvalue weighted by atomic mass is 32.1. The van der Waals surface area contributed by atoms with Gasteiger partial charge in [-0.05, 0) is 42.5 Å². The minimum absolute atomic E-state index is 0.0787. The van der Waals surface area contributed by atoms with Crippen molar-refractivity contribution >= 4 is 33.4 Å². The molecule has 0 spiro atoms. The molecular weight excluding hydrogens is 480 g/mol. The monoisotopic (exact) mass is 508 g/mol. The van der Waals surface area contributed by atoms with Gasteiger partial charge in [0.1, 0.15) is 17.0 Å². The Morgan fingerprint density at radius 2 is 1.86 bits per heavy atom. The molecule has 1 N–H and O–H groups in total. The summed E-state index contributed by atoms with van der Waals surface area (Å²) in [6.45, 7) is 3.00. The van der Waals surface area contributed by atoms with Gasteiger partial charge >= 0.3 is 5.69 Å². The third kappa shape index (κ3) is 5.83. The number of furan rings is 1. The van der Waals surface area contributed by atoms with E-state index in [9.17, 15) is 19.2 Å². The molecule has 3 aromatic heterocycles. The second-order valence-corrected chi connectivity index (χ2v) is 9.23. The minimum Gasteiger partial charge on any atom is -0.467 e. The van der Waals surface area contributed by atoms with E-state index in [0.717, 1.165) is 10.1 Å². The van der Waals surface area contributed by atoms with Crippen molar-refractivity contribution in [1.82, 2.24) is 19.4 Å². The van der Waals surface area contributed by atoms with Gasteiger partial charge in [-0.3, -0.25) is 23.5 Å². The molecule has 0 bridgehead atoms. The van der Waals surface area contributed by atoms with E-state index < -0.39 is 11.2 Å². The number of likely N-dealkylation sites (N-methyl/N-ethyl adjacent to an activating group) is 1. The lowest BCUT2D eigenvalue weighted by Gasteiger charge is -2.22. The zero-order valence-electron chi connectivity index (χ0n) is 20.0. The molecule has 4 aromatic rings. The first-order valence-corrected chi connectivity index (χ1v) is 12.7. The summed E-state index contributed by atoms with van der Waals surface area (Å²) in [4.78, 5) is 53.3. The first-order chi connectivity index (χ1) is 17.5. The van der Waals surface area contributed by atoms with Crippen LogP contribution in [0.5, 0.6) is 0 Å². The van der Waals surface area contributed by atoms with E-state index in [-0.39, 0.29) is 37.9 Å². The molecule has 10 heteroatoms. The van der Waals surface area contributed by atoms with E-state index in [2.05, 4.69) is 5.32 Å². The van der Waals surface area contributed by atoms with Crippen LogP contribution in [0.4, 0.5) is 0 Å². The van der Waals surface area contributed by atoms with Crippen molar-refractivity contribution in [3.8, 4) is 0 Å². The Morgan fingerprint density at radius 1 is 1.06 bits per heavy atom. The van der Waals surface area contributed by atoms with E-state index in [0.29, 0.717) is 35.5 Å².